The number of rotatable bonds is 12. The van der Waals surface area contributed by atoms with E-state index in [0.717, 1.165) is 12.8 Å². The Labute approximate surface area is 207 Å². The van der Waals surface area contributed by atoms with Crippen molar-refractivity contribution in [3.05, 3.63) is 59.7 Å². The predicted molar refractivity (Wildman–Crippen MR) is 135 cm³/mol. The molecule has 35 heavy (non-hydrogen) atoms. The van der Waals surface area contributed by atoms with Gasteiger partial charge in [-0.05, 0) is 54.4 Å². The summed E-state index contributed by atoms with van der Waals surface area (Å²) in [5, 5.41) is 14.8. The van der Waals surface area contributed by atoms with Crippen LogP contribution in [0.4, 0.5) is 4.79 Å². The molecule has 0 aromatic heterocycles. The number of carboxylic acid groups (broad SMARTS) is 1. The lowest BCUT2D eigenvalue weighted by Crippen LogP contribution is -2.51. The molecule has 2 amide bonds. The minimum atomic E-state index is -1.25. The topological polar surface area (TPSA) is 105 Å². The van der Waals surface area contributed by atoms with Gasteiger partial charge in [-0.1, -0.05) is 68.8 Å². The van der Waals surface area contributed by atoms with Gasteiger partial charge in [0.2, 0.25) is 5.91 Å². The summed E-state index contributed by atoms with van der Waals surface area (Å²) in [5.74, 6) is -1.03. The zero-order valence-corrected chi connectivity index (χ0v) is 20.8. The number of benzene rings is 2. The highest BCUT2D eigenvalue weighted by Crippen LogP contribution is 2.44. The highest BCUT2D eigenvalue weighted by molar-refractivity contribution is 5.86. The van der Waals surface area contributed by atoms with Gasteiger partial charge in [-0.15, -0.1) is 0 Å². The first kappa shape index (κ1) is 26.3. The van der Waals surface area contributed by atoms with E-state index in [1.165, 1.54) is 29.2 Å². The number of amides is 2. The predicted octanol–water partition coefficient (Wildman–Crippen LogP) is 5.09. The number of hydrogen-bond donors (Lipinski definition) is 3. The highest BCUT2D eigenvalue weighted by atomic mass is 16.5. The summed E-state index contributed by atoms with van der Waals surface area (Å²) in [4.78, 5) is 36.0. The molecule has 0 spiro atoms. The van der Waals surface area contributed by atoms with E-state index in [1.807, 2.05) is 31.2 Å². The fourth-order valence-corrected chi connectivity index (χ4v) is 4.58. The number of aliphatic carboxylic acids is 1. The van der Waals surface area contributed by atoms with Crippen molar-refractivity contribution in [1.29, 1.82) is 0 Å². The number of fused-ring (bicyclic) bond motifs is 3. The molecule has 7 heteroatoms. The van der Waals surface area contributed by atoms with E-state index < -0.39 is 17.6 Å². The van der Waals surface area contributed by atoms with Gasteiger partial charge >= 0.3 is 12.1 Å². The quantitative estimate of drug-likeness (QED) is 0.392. The van der Waals surface area contributed by atoms with Crippen molar-refractivity contribution in [2.75, 3.05) is 13.2 Å². The first-order valence-corrected chi connectivity index (χ1v) is 12.4. The summed E-state index contributed by atoms with van der Waals surface area (Å²) in [6.07, 6.45) is 2.34. The van der Waals surface area contributed by atoms with Crippen LogP contribution in [0.1, 0.15) is 69.9 Å². The van der Waals surface area contributed by atoms with Crippen LogP contribution < -0.4 is 10.6 Å². The van der Waals surface area contributed by atoms with Crippen molar-refractivity contribution in [2.24, 2.45) is 5.92 Å². The van der Waals surface area contributed by atoms with Gasteiger partial charge in [0.15, 0.2) is 0 Å². The summed E-state index contributed by atoms with van der Waals surface area (Å²) in [7, 11) is 0. The molecule has 3 N–H and O–H groups in total. The number of carboxylic acids is 1. The monoisotopic (exact) mass is 480 g/mol. The second-order valence-electron chi connectivity index (χ2n) is 9.39. The standard InChI is InChI=1S/C28H36N2O5/c1-4-19(14-15-25(31)30-28(3,5-2)26(32)33)16-17-29-27(34)35-18-24-22-12-8-6-10-20(22)21-11-7-9-13-23(21)24/h6-13,19,24H,4-5,14-18H2,1-3H3,(H,29,34)(H,30,31)(H,32,33). The van der Waals surface area contributed by atoms with E-state index in [-0.39, 0.29) is 30.8 Å². The van der Waals surface area contributed by atoms with Gasteiger partial charge in [0.25, 0.3) is 0 Å². The lowest BCUT2D eigenvalue weighted by Gasteiger charge is -2.25. The fraction of sp³-hybridized carbons (Fsp3) is 0.464. The number of ether oxygens (including phenoxy) is 1. The third kappa shape index (κ3) is 6.41. The number of hydrogen-bond acceptors (Lipinski definition) is 4. The second kappa shape index (κ2) is 11.9. The minimum absolute atomic E-state index is 0.0228. The van der Waals surface area contributed by atoms with Gasteiger partial charge in [0.1, 0.15) is 12.1 Å². The molecular weight excluding hydrogens is 444 g/mol. The third-order valence-electron chi connectivity index (χ3n) is 7.12. The SMILES string of the molecule is CCC(CCNC(=O)OCC1c2ccccc2-c2ccccc21)CCC(=O)NC(C)(CC)C(=O)O. The molecule has 0 aliphatic heterocycles. The van der Waals surface area contributed by atoms with Crippen LogP contribution in [-0.4, -0.2) is 41.8 Å². The fourth-order valence-electron chi connectivity index (χ4n) is 4.58. The van der Waals surface area contributed by atoms with Crippen LogP contribution in [0.3, 0.4) is 0 Å². The maximum atomic E-state index is 12.4. The number of nitrogens with one attached hydrogen (secondary N) is 2. The zero-order valence-electron chi connectivity index (χ0n) is 20.8. The van der Waals surface area contributed by atoms with Gasteiger partial charge in [0, 0.05) is 18.9 Å². The first-order chi connectivity index (χ1) is 16.8. The summed E-state index contributed by atoms with van der Waals surface area (Å²) >= 11 is 0. The van der Waals surface area contributed by atoms with Crippen LogP contribution in [0.5, 0.6) is 0 Å². The maximum Gasteiger partial charge on any atom is 0.407 e. The van der Waals surface area contributed by atoms with Crippen LogP contribution in [0.15, 0.2) is 48.5 Å². The summed E-state index contributed by atoms with van der Waals surface area (Å²) < 4.78 is 5.57. The molecule has 188 valence electrons. The van der Waals surface area contributed by atoms with Crippen LogP contribution in [0.25, 0.3) is 11.1 Å². The van der Waals surface area contributed by atoms with Crippen LogP contribution in [0, 0.1) is 5.92 Å². The van der Waals surface area contributed by atoms with Crippen molar-refractivity contribution < 1.29 is 24.2 Å². The molecule has 0 saturated heterocycles. The van der Waals surface area contributed by atoms with Gasteiger partial charge in [-0.3, -0.25) is 4.79 Å². The molecule has 3 rings (SSSR count). The Balaban J connectivity index is 1.42. The van der Waals surface area contributed by atoms with Gasteiger partial charge in [0.05, 0.1) is 0 Å². The van der Waals surface area contributed by atoms with Crippen molar-refractivity contribution in [1.82, 2.24) is 10.6 Å². The highest BCUT2D eigenvalue weighted by Gasteiger charge is 2.32. The van der Waals surface area contributed by atoms with Crippen LogP contribution in [-0.2, 0) is 14.3 Å². The molecule has 0 bridgehead atoms. The molecule has 7 nitrogen and oxygen atoms in total. The molecule has 0 radical (unpaired) electrons. The summed E-state index contributed by atoms with van der Waals surface area (Å²) in [6.45, 7) is 6.03. The van der Waals surface area contributed by atoms with Crippen LogP contribution in [0.2, 0.25) is 0 Å². The number of alkyl carbamates (subject to hydrolysis) is 1. The average Bonchev–Trinajstić information content (AvgIpc) is 3.18. The first-order valence-electron chi connectivity index (χ1n) is 12.4. The van der Waals surface area contributed by atoms with E-state index in [4.69, 9.17) is 4.74 Å². The molecule has 2 aromatic carbocycles. The summed E-state index contributed by atoms with van der Waals surface area (Å²) in [6, 6.07) is 16.4. The lowest BCUT2D eigenvalue weighted by molar-refractivity contribution is -0.147. The van der Waals surface area contributed by atoms with Crippen molar-refractivity contribution >= 4 is 18.0 Å². The zero-order chi connectivity index (χ0) is 25.4. The van der Waals surface area contributed by atoms with Gasteiger partial charge in [-0.2, -0.15) is 0 Å². The van der Waals surface area contributed by atoms with Crippen molar-refractivity contribution in [3.8, 4) is 11.1 Å². The van der Waals surface area contributed by atoms with Crippen LogP contribution >= 0.6 is 0 Å². The van der Waals surface area contributed by atoms with E-state index in [9.17, 15) is 19.5 Å². The Kier molecular flexibility index (Phi) is 8.90. The molecule has 1 aliphatic carbocycles. The largest absolute Gasteiger partial charge is 0.480 e. The molecule has 2 atom stereocenters. The Morgan fingerprint density at radius 1 is 1.00 bits per heavy atom. The van der Waals surface area contributed by atoms with Crippen molar-refractivity contribution in [3.63, 3.8) is 0 Å². The Bertz CT molecular complexity index is 1010. The molecule has 1 aliphatic rings. The smallest absolute Gasteiger partial charge is 0.407 e. The van der Waals surface area contributed by atoms with E-state index >= 15 is 0 Å². The molecular formula is C28H36N2O5. The summed E-state index contributed by atoms with van der Waals surface area (Å²) in [5.41, 5.74) is 3.48. The second-order valence-corrected chi connectivity index (χ2v) is 9.39. The molecule has 0 heterocycles. The normalized spacial score (nSPS) is 14.8. The third-order valence-corrected chi connectivity index (χ3v) is 7.12. The Hall–Kier alpha value is -3.35. The molecule has 2 unspecified atom stereocenters. The van der Waals surface area contributed by atoms with E-state index in [1.54, 1.807) is 6.92 Å². The minimum Gasteiger partial charge on any atom is -0.480 e. The van der Waals surface area contributed by atoms with E-state index in [2.05, 4.69) is 34.9 Å². The van der Waals surface area contributed by atoms with Gasteiger partial charge in [-0.25, -0.2) is 9.59 Å². The van der Waals surface area contributed by atoms with Crippen molar-refractivity contribution in [2.45, 2.75) is 64.3 Å². The lowest BCUT2D eigenvalue weighted by atomic mass is 9.95. The average molecular weight is 481 g/mol. The Morgan fingerprint density at radius 3 is 2.14 bits per heavy atom. The Morgan fingerprint density at radius 2 is 1.60 bits per heavy atom. The molecule has 0 fully saturated rings. The van der Waals surface area contributed by atoms with Gasteiger partial charge < -0.3 is 20.5 Å². The molecule has 2 aromatic rings. The molecule has 0 saturated carbocycles. The number of carbonyl (C=O) groups is 3. The van der Waals surface area contributed by atoms with E-state index in [0.29, 0.717) is 19.4 Å². The maximum absolute atomic E-state index is 12.4. The number of carbonyl (C=O) groups excluding carboxylic acids is 2.